The van der Waals surface area contributed by atoms with Crippen molar-refractivity contribution in [3.8, 4) is 0 Å². The molecule has 0 atom stereocenters. The molecule has 1 N–H and O–H groups in total. The summed E-state index contributed by atoms with van der Waals surface area (Å²) in [5, 5.41) is 1.73. The lowest BCUT2D eigenvalue weighted by atomic mass is 10.2. The topological polar surface area (TPSA) is 64.0 Å². The van der Waals surface area contributed by atoms with Gasteiger partial charge in [-0.05, 0) is 31.5 Å². The average Bonchev–Trinajstić information content (AvgIpc) is 3.29. The second-order valence-electron chi connectivity index (χ2n) is 6.23. The maximum Gasteiger partial charge on any atom is 0.281 e. The molecule has 0 unspecified atom stereocenters. The van der Waals surface area contributed by atoms with Crippen molar-refractivity contribution in [2.75, 3.05) is 5.43 Å². The molecule has 4 aromatic heterocycles. The van der Waals surface area contributed by atoms with Gasteiger partial charge in [-0.3, -0.25) is 15.0 Å². The minimum absolute atomic E-state index is 0.251. The summed E-state index contributed by atoms with van der Waals surface area (Å²) in [5.74, 6) is -0.305. The number of aryl methyl sites for hydroxylation is 2. The molecule has 0 bridgehead atoms. The summed E-state index contributed by atoms with van der Waals surface area (Å²) >= 11 is 4.60. The van der Waals surface area contributed by atoms with Crippen LogP contribution in [0.1, 0.15) is 20.1 Å². The number of amides is 1. The van der Waals surface area contributed by atoms with Gasteiger partial charge in [-0.25, -0.2) is 9.66 Å². The molecule has 27 heavy (non-hydrogen) atoms. The average molecular weight is 412 g/mol. The number of fused-ring (bicyclic) bond motifs is 4. The SMILES string of the molecule is Cc1sc2ncn(NC(=O)c3cc4sc5ccccc5c4s3)c(=O)c2c1C. The Morgan fingerprint density at radius 2 is 1.93 bits per heavy atom. The number of thiophene rings is 3. The Morgan fingerprint density at radius 1 is 1.11 bits per heavy atom. The Morgan fingerprint density at radius 3 is 2.78 bits per heavy atom. The molecule has 1 aromatic carbocycles. The normalized spacial score (nSPS) is 11.6. The van der Waals surface area contributed by atoms with E-state index in [-0.39, 0.29) is 11.5 Å². The first-order chi connectivity index (χ1) is 13.0. The van der Waals surface area contributed by atoms with Gasteiger partial charge in [0.05, 0.1) is 15.0 Å². The number of hydrogen-bond acceptors (Lipinski definition) is 6. The lowest BCUT2D eigenvalue weighted by Gasteiger charge is -2.06. The molecule has 0 aliphatic carbocycles. The van der Waals surface area contributed by atoms with Crippen LogP contribution in [-0.2, 0) is 0 Å². The number of nitrogens with zero attached hydrogens (tertiary/aromatic N) is 2. The molecule has 0 aliphatic rings. The van der Waals surface area contributed by atoms with Gasteiger partial charge in [0.25, 0.3) is 11.5 Å². The third-order valence-corrected chi connectivity index (χ3v) is 8.11. The van der Waals surface area contributed by atoms with Gasteiger partial charge >= 0.3 is 0 Å². The van der Waals surface area contributed by atoms with Crippen molar-refractivity contribution in [2.24, 2.45) is 0 Å². The molecule has 8 heteroatoms. The minimum Gasteiger partial charge on any atom is -0.267 e. The summed E-state index contributed by atoms with van der Waals surface area (Å²) < 4.78 is 4.57. The molecule has 0 saturated carbocycles. The van der Waals surface area contributed by atoms with E-state index in [9.17, 15) is 9.59 Å². The Kier molecular flexibility index (Phi) is 3.68. The zero-order valence-corrected chi connectivity index (χ0v) is 16.8. The fourth-order valence-electron chi connectivity index (χ4n) is 3.09. The smallest absolute Gasteiger partial charge is 0.267 e. The van der Waals surface area contributed by atoms with E-state index in [0.717, 1.165) is 25.2 Å². The van der Waals surface area contributed by atoms with Crippen LogP contribution in [0.25, 0.3) is 29.7 Å². The monoisotopic (exact) mass is 411 g/mol. The van der Waals surface area contributed by atoms with Gasteiger partial charge in [-0.15, -0.1) is 34.0 Å². The summed E-state index contributed by atoms with van der Waals surface area (Å²) in [6, 6.07) is 10.0. The van der Waals surface area contributed by atoms with Crippen LogP contribution in [0, 0.1) is 13.8 Å². The highest BCUT2D eigenvalue weighted by Crippen LogP contribution is 2.39. The Balaban J connectivity index is 1.54. The number of carbonyl (C=O) groups is 1. The highest BCUT2D eigenvalue weighted by atomic mass is 32.1. The molecule has 0 saturated heterocycles. The van der Waals surface area contributed by atoms with Crippen molar-refractivity contribution in [3.63, 3.8) is 0 Å². The first kappa shape index (κ1) is 16.6. The number of rotatable bonds is 2. The van der Waals surface area contributed by atoms with Crippen LogP contribution in [-0.4, -0.2) is 15.6 Å². The summed E-state index contributed by atoms with van der Waals surface area (Å²) in [7, 11) is 0. The summed E-state index contributed by atoms with van der Waals surface area (Å²) in [5.41, 5.74) is 3.34. The Hall–Kier alpha value is -2.55. The van der Waals surface area contributed by atoms with Crippen molar-refractivity contribution >= 4 is 69.6 Å². The summed E-state index contributed by atoms with van der Waals surface area (Å²) in [6.07, 6.45) is 1.38. The number of benzene rings is 1. The molecule has 0 radical (unpaired) electrons. The lowest BCUT2D eigenvalue weighted by molar-refractivity contribution is 0.101. The molecular formula is C19H13N3O2S3. The quantitative estimate of drug-likeness (QED) is 0.450. The van der Waals surface area contributed by atoms with Crippen molar-refractivity contribution in [1.29, 1.82) is 0 Å². The van der Waals surface area contributed by atoms with Crippen molar-refractivity contribution < 1.29 is 4.79 Å². The molecule has 5 aromatic rings. The minimum atomic E-state index is -0.305. The van der Waals surface area contributed by atoms with E-state index in [0.29, 0.717) is 15.1 Å². The van der Waals surface area contributed by atoms with Crippen LogP contribution in [0.3, 0.4) is 0 Å². The summed E-state index contributed by atoms with van der Waals surface area (Å²) in [4.78, 5) is 32.1. The zero-order valence-electron chi connectivity index (χ0n) is 14.4. The van der Waals surface area contributed by atoms with Crippen LogP contribution in [0.5, 0.6) is 0 Å². The fourth-order valence-corrected chi connectivity index (χ4v) is 6.49. The van der Waals surface area contributed by atoms with E-state index < -0.39 is 0 Å². The summed E-state index contributed by atoms with van der Waals surface area (Å²) in [6.45, 7) is 3.87. The predicted octanol–water partition coefficient (Wildman–Crippen LogP) is 4.89. The van der Waals surface area contributed by atoms with E-state index in [1.807, 2.05) is 32.0 Å². The molecule has 4 heterocycles. The maximum absolute atomic E-state index is 12.7. The van der Waals surface area contributed by atoms with Gasteiger partial charge in [0.1, 0.15) is 11.2 Å². The Bertz CT molecular complexity index is 1420. The van der Waals surface area contributed by atoms with Gasteiger partial charge in [0.15, 0.2) is 0 Å². The third-order valence-electron chi connectivity index (χ3n) is 4.59. The third kappa shape index (κ3) is 2.52. The van der Waals surface area contributed by atoms with Gasteiger partial charge in [0, 0.05) is 19.7 Å². The van der Waals surface area contributed by atoms with E-state index in [1.54, 1.807) is 11.3 Å². The van der Waals surface area contributed by atoms with Gasteiger partial charge in [-0.2, -0.15) is 0 Å². The van der Waals surface area contributed by atoms with E-state index in [2.05, 4.69) is 22.5 Å². The van der Waals surface area contributed by atoms with Crippen LogP contribution in [0.4, 0.5) is 0 Å². The molecule has 134 valence electrons. The predicted molar refractivity (Wildman–Crippen MR) is 114 cm³/mol. The Labute approximate surface area is 165 Å². The van der Waals surface area contributed by atoms with E-state index >= 15 is 0 Å². The zero-order chi connectivity index (χ0) is 18.7. The first-order valence-electron chi connectivity index (χ1n) is 8.22. The molecule has 0 spiro atoms. The van der Waals surface area contributed by atoms with Crippen LogP contribution in [0.15, 0.2) is 41.5 Å². The van der Waals surface area contributed by atoms with E-state index in [1.165, 1.54) is 38.4 Å². The molecule has 1 amide bonds. The standard InChI is InChI=1S/C19H13N3O2S3/c1-9-10(2)25-18-15(9)19(24)22(8-20-18)21-17(23)14-7-13-16(27-14)11-5-3-4-6-12(11)26-13/h3-8H,1-2H3,(H,21,23). The van der Waals surface area contributed by atoms with Gasteiger partial charge in [-0.1, -0.05) is 18.2 Å². The lowest BCUT2D eigenvalue weighted by Crippen LogP contribution is -2.32. The van der Waals surface area contributed by atoms with Crippen molar-refractivity contribution in [2.45, 2.75) is 13.8 Å². The first-order valence-corrected chi connectivity index (χ1v) is 10.7. The second kappa shape index (κ2) is 5.98. The number of nitrogens with one attached hydrogen (secondary N) is 1. The fraction of sp³-hybridized carbons (Fsp3) is 0.105. The highest BCUT2D eigenvalue weighted by Gasteiger charge is 2.17. The molecule has 5 nitrogen and oxygen atoms in total. The number of carbonyl (C=O) groups excluding carboxylic acids is 1. The highest BCUT2D eigenvalue weighted by molar-refractivity contribution is 7.33. The molecule has 0 aliphatic heterocycles. The van der Waals surface area contributed by atoms with Gasteiger partial charge < -0.3 is 0 Å². The number of aromatic nitrogens is 2. The van der Waals surface area contributed by atoms with Crippen molar-refractivity contribution in [1.82, 2.24) is 9.66 Å². The largest absolute Gasteiger partial charge is 0.281 e. The van der Waals surface area contributed by atoms with E-state index in [4.69, 9.17) is 0 Å². The maximum atomic E-state index is 12.7. The van der Waals surface area contributed by atoms with Crippen LogP contribution in [0.2, 0.25) is 0 Å². The molecular weight excluding hydrogens is 398 g/mol. The van der Waals surface area contributed by atoms with Crippen LogP contribution < -0.4 is 11.0 Å². The van der Waals surface area contributed by atoms with Crippen LogP contribution >= 0.6 is 34.0 Å². The number of hydrogen-bond donors (Lipinski definition) is 1. The van der Waals surface area contributed by atoms with Gasteiger partial charge in [0.2, 0.25) is 0 Å². The molecule has 5 rings (SSSR count). The second-order valence-corrected chi connectivity index (χ2v) is 9.57. The molecule has 0 fully saturated rings. The van der Waals surface area contributed by atoms with Crippen molar-refractivity contribution in [3.05, 3.63) is 62.3 Å².